The molecule has 1 rings (SSSR count). The van der Waals surface area contributed by atoms with Crippen LogP contribution in [0.1, 0.15) is 58.4 Å². The zero-order valence-corrected chi connectivity index (χ0v) is 13.4. The summed E-state index contributed by atoms with van der Waals surface area (Å²) >= 11 is 0. The summed E-state index contributed by atoms with van der Waals surface area (Å²) in [5.74, 6) is 0.816. The molecule has 0 bridgehead atoms. The summed E-state index contributed by atoms with van der Waals surface area (Å²) < 4.78 is 5.23. The highest BCUT2D eigenvalue weighted by atomic mass is 16.3. The predicted molar refractivity (Wildman–Crippen MR) is 85.4 cm³/mol. The Hall–Kier alpha value is -1.64. The minimum absolute atomic E-state index is 0.677. The van der Waals surface area contributed by atoms with Crippen molar-refractivity contribution in [1.82, 2.24) is 4.98 Å². The van der Waals surface area contributed by atoms with Crippen LogP contribution in [0, 0.1) is 6.92 Å². The second-order valence-corrected chi connectivity index (χ2v) is 5.12. The Kier molecular flexibility index (Phi) is 6.43. The molecule has 0 aliphatic rings. The largest absolute Gasteiger partial charge is 0.448 e. The smallest absolute Gasteiger partial charge is 0.181 e. The molecule has 0 aliphatic carbocycles. The topological polar surface area (TPSA) is 38.4 Å². The molecule has 0 aromatic carbocycles. The third kappa shape index (κ3) is 4.19. The molecule has 0 spiro atoms. The standard InChI is InChI=1S/C17H26N2O/c1-7-9-13(4)16(12(3)8-2)10-18-14(5)17-15(6)20-11-19-17/h11H,4,7-10H2,1-3,5-6H3/b16-12-,18-14+. The van der Waals surface area contributed by atoms with Crippen LogP contribution in [-0.4, -0.2) is 17.2 Å². The van der Waals surface area contributed by atoms with Gasteiger partial charge in [-0.05, 0) is 39.2 Å². The van der Waals surface area contributed by atoms with Crippen molar-refractivity contribution in [3.05, 3.63) is 41.1 Å². The number of allylic oxidation sites excluding steroid dienone is 1. The first-order valence-corrected chi connectivity index (χ1v) is 7.29. The van der Waals surface area contributed by atoms with E-state index in [0.29, 0.717) is 6.54 Å². The minimum Gasteiger partial charge on any atom is -0.448 e. The van der Waals surface area contributed by atoms with Crippen LogP contribution in [0.2, 0.25) is 0 Å². The van der Waals surface area contributed by atoms with Crippen LogP contribution in [0.15, 0.2) is 39.1 Å². The quantitative estimate of drug-likeness (QED) is 0.525. The predicted octanol–water partition coefficient (Wildman–Crippen LogP) is 4.87. The number of hydrogen-bond donors (Lipinski definition) is 0. The summed E-state index contributed by atoms with van der Waals surface area (Å²) in [5.41, 5.74) is 5.63. The molecule has 0 saturated heterocycles. The molecule has 3 heteroatoms. The maximum Gasteiger partial charge on any atom is 0.181 e. The van der Waals surface area contributed by atoms with Gasteiger partial charge in [0.2, 0.25) is 0 Å². The van der Waals surface area contributed by atoms with Gasteiger partial charge in [0.15, 0.2) is 6.39 Å². The first-order chi connectivity index (χ1) is 9.51. The Morgan fingerprint density at radius 3 is 2.55 bits per heavy atom. The molecular weight excluding hydrogens is 248 g/mol. The van der Waals surface area contributed by atoms with Gasteiger partial charge in [-0.25, -0.2) is 4.98 Å². The number of aryl methyl sites for hydroxylation is 1. The van der Waals surface area contributed by atoms with Gasteiger partial charge in [-0.2, -0.15) is 0 Å². The highest BCUT2D eigenvalue weighted by Crippen LogP contribution is 2.20. The van der Waals surface area contributed by atoms with Crippen LogP contribution in [0.3, 0.4) is 0 Å². The van der Waals surface area contributed by atoms with Crippen molar-refractivity contribution in [3.8, 4) is 0 Å². The van der Waals surface area contributed by atoms with E-state index < -0.39 is 0 Å². The van der Waals surface area contributed by atoms with Crippen LogP contribution in [0.5, 0.6) is 0 Å². The summed E-state index contributed by atoms with van der Waals surface area (Å²) in [5, 5.41) is 0. The van der Waals surface area contributed by atoms with Gasteiger partial charge in [0.1, 0.15) is 11.5 Å². The molecule has 0 fully saturated rings. The van der Waals surface area contributed by atoms with Crippen molar-refractivity contribution in [3.63, 3.8) is 0 Å². The van der Waals surface area contributed by atoms with Crippen molar-refractivity contribution in [2.75, 3.05) is 6.54 Å². The van der Waals surface area contributed by atoms with Gasteiger partial charge >= 0.3 is 0 Å². The Bertz CT molecular complexity index is 521. The Labute approximate surface area is 122 Å². The van der Waals surface area contributed by atoms with Crippen molar-refractivity contribution < 1.29 is 4.42 Å². The average molecular weight is 274 g/mol. The molecular formula is C17H26N2O. The lowest BCUT2D eigenvalue weighted by Crippen LogP contribution is -2.03. The van der Waals surface area contributed by atoms with Gasteiger partial charge in [-0.3, -0.25) is 4.99 Å². The van der Waals surface area contributed by atoms with Crippen molar-refractivity contribution in [2.24, 2.45) is 4.99 Å². The van der Waals surface area contributed by atoms with Gasteiger partial charge in [0, 0.05) is 0 Å². The normalized spacial score (nSPS) is 13.3. The number of oxazole rings is 1. The van der Waals surface area contributed by atoms with Gasteiger partial charge in [0.05, 0.1) is 12.3 Å². The second-order valence-electron chi connectivity index (χ2n) is 5.12. The Balaban J connectivity index is 2.92. The van der Waals surface area contributed by atoms with Crippen LogP contribution in [0.4, 0.5) is 0 Å². The van der Waals surface area contributed by atoms with Gasteiger partial charge < -0.3 is 4.42 Å². The molecule has 0 saturated carbocycles. The van der Waals surface area contributed by atoms with E-state index in [1.165, 1.54) is 23.1 Å². The first kappa shape index (κ1) is 16.4. The van der Waals surface area contributed by atoms with Gasteiger partial charge in [-0.1, -0.05) is 38.0 Å². The lowest BCUT2D eigenvalue weighted by molar-refractivity contribution is 0.526. The van der Waals surface area contributed by atoms with Crippen molar-refractivity contribution in [2.45, 2.75) is 53.9 Å². The van der Waals surface area contributed by atoms with E-state index in [4.69, 9.17) is 4.42 Å². The lowest BCUT2D eigenvalue weighted by Gasteiger charge is -2.12. The van der Waals surface area contributed by atoms with E-state index in [1.807, 2.05) is 13.8 Å². The molecule has 110 valence electrons. The number of aromatic nitrogens is 1. The summed E-state index contributed by atoms with van der Waals surface area (Å²) in [6.07, 6.45) is 4.65. The molecule has 1 aromatic rings. The fraction of sp³-hybridized carbons (Fsp3) is 0.529. The van der Waals surface area contributed by atoms with Crippen molar-refractivity contribution >= 4 is 5.71 Å². The molecule has 0 radical (unpaired) electrons. The summed E-state index contributed by atoms with van der Waals surface area (Å²) in [4.78, 5) is 8.88. The third-order valence-corrected chi connectivity index (χ3v) is 3.59. The monoisotopic (exact) mass is 274 g/mol. The lowest BCUT2D eigenvalue weighted by atomic mass is 9.97. The molecule has 0 atom stereocenters. The van der Waals surface area contributed by atoms with Crippen molar-refractivity contribution in [1.29, 1.82) is 0 Å². The molecule has 0 unspecified atom stereocenters. The summed E-state index contributed by atoms with van der Waals surface area (Å²) in [6.45, 7) is 15.3. The number of hydrogen-bond acceptors (Lipinski definition) is 3. The fourth-order valence-corrected chi connectivity index (χ4v) is 2.14. The number of nitrogens with zero attached hydrogens (tertiary/aromatic N) is 2. The fourth-order valence-electron chi connectivity index (χ4n) is 2.14. The van der Waals surface area contributed by atoms with E-state index >= 15 is 0 Å². The Morgan fingerprint density at radius 1 is 1.35 bits per heavy atom. The SMILES string of the molecule is C=C(CCC)/C(C/N=C(\C)c1ncoc1C)=C(/C)CC. The highest BCUT2D eigenvalue weighted by molar-refractivity contribution is 5.97. The Morgan fingerprint density at radius 2 is 2.05 bits per heavy atom. The van der Waals surface area contributed by atoms with Gasteiger partial charge in [-0.15, -0.1) is 0 Å². The van der Waals surface area contributed by atoms with E-state index in [2.05, 4.69) is 37.3 Å². The summed E-state index contributed by atoms with van der Waals surface area (Å²) in [7, 11) is 0. The van der Waals surface area contributed by atoms with E-state index in [9.17, 15) is 0 Å². The van der Waals surface area contributed by atoms with E-state index in [0.717, 1.165) is 36.4 Å². The van der Waals surface area contributed by atoms with Crippen LogP contribution in [0.25, 0.3) is 0 Å². The number of rotatable bonds is 7. The first-order valence-electron chi connectivity index (χ1n) is 7.29. The van der Waals surface area contributed by atoms with E-state index in [-0.39, 0.29) is 0 Å². The van der Waals surface area contributed by atoms with Crippen LogP contribution < -0.4 is 0 Å². The molecule has 0 N–H and O–H groups in total. The zero-order chi connectivity index (χ0) is 15.1. The maximum atomic E-state index is 5.23. The van der Waals surface area contributed by atoms with E-state index in [1.54, 1.807) is 0 Å². The molecule has 1 aromatic heterocycles. The van der Waals surface area contributed by atoms with Crippen LogP contribution in [-0.2, 0) is 0 Å². The molecule has 1 heterocycles. The number of aliphatic imine (C=N–C) groups is 1. The highest BCUT2D eigenvalue weighted by Gasteiger charge is 2.09. The summed E-state index contributed by atoms with van der Waals surface area (Å²) in [6, 6.07) is 0. The van der Waals surface area contributed by atoms with Gasteiger partial charge in [0.25, 0.3) is 0 Å². The average Bonchev–Trinajstić information content (AvgIpc) is 2.85. The minimum atomic E-state index is 0.677. The zero-order valence-electron chi connectivity index (χ0n) is 13.4. The third-order valence-electron chi connectivity index (χ3n) is 3.59. The molecule has 3 nitrogen and oxygen atoms in total. The molecule has 0 amide bonds. The maximum absolute atomic E-state index is 5.23. The van der Waals surface area contributed by atoms with Crippen LogP contribution >= 0.6 is 0 Å². The molecule has 20 heavy (non-hydrogen) atoms. The molecule has 0 aliphatic heterocycles. The second kappa shape index (κ2) is 7.83.